The maximum Gasteiger partial charge on any atom is 0.160 e. The third-order valence-electron chi connectivity index (χ3n) is 7.07. The van der Waals surface area contributed by atoms with Crippen LogP contribution in [-0.4, -0.2) is 63.4 Å². The van der Waals surface area contributed by atoms with Gasteiger partial charge in [-0.15, -0.1) is 0 Å². The first-order valence-corrected chi connectivity index (χ1v) is 10.1. The van der Waals surface area contributed by atoms with Crippen LogP contribution in [0, 0.1) is 17.3 Å². The predicted octanol–water partition coefficient (Wildman–Crippen LogP) is 1.85. The first-order valence-electron chi connectivity index (χ1n) is 10.1. The van der Waals surface area contributed by atoms with E-state index in [0.717, 1.165) is 38.5 Å². The van der Waals surface area contributed by atoms with E-state index < -0.39 is 0 Å². The number of fused-ring (bicyclic) bond motifs is 2. The monoisotopic (exact) mass is 352 g/mol. The molecule has 6 fully saturated rings. The molecule has 25 heavy (non-hydrogen) atoms. The zero-order valence-electron chi connectivity index (χ0n) is 14.6. The van der Waals surface area contributed by atoms with Gasteiger partial charge in [-0.2, -0.15) is 0 Å². The zero-order chi connectivity index (χ0) is 16.4. The van der Waals surface area contributed by atoms with Crippen molar-refractivity contribution < 1.29 is 28.4 Å². The summed E-state index contributed by atoms with van der Waals surface area (Å²) in [6, 6.07) is 0. The fourth-order valence-corrected chi connectivity index (χ4v) is 5.29. The molecular weight excluding hydrogens is 324 g/mol. The Balaban J connectivity index is 1.01. The molecule has 4 saturated heterocycles. The van der Waals surface area contributed by atoms with Gasteiger partial charge >= 0.3 is 0 Å². The molecule has 0 aromatic rings. The van der Waals surface area contributed by atoms with Gasteiger partial charge in [-0.25, -0.2) is 0 Å². The number of hydrogen-bond donors (Lipinski definition) is 0. The number of rotatable bonds is 2. The molecule has 6 nitrogen and oxygen atoms in total. The van der Waals surface area contributed by atoms with E-state index in [1.165, 1.54) is 0 Å². The van der Waals surface area contributed by atoms with Gasteiger partial charge in [0.1, 0.15) is 0 Å². The zero-order valence-corrected chi connectivity index (χ0v) is 14.6. The smallest absolute Gasteiger partial charge is 0.160 e. The molecule has 0 amide bonds. The van der Waals surface area contributed by atoms with E-state index in [1.54, 1.807) is 0 Å². The lowest BCUT2D eigenvalue weighted by atomic mass is 9.85. The normalized spacial score (nSPS) is 57.6. The summed E-state index contributed by atoms with van der Waals surface area (Å²) in [4.78, 5) is 0. The highest BCUT2D eigenvalue weighted by atomic mass is 16.7. The molecule has 6 aliphatic rings. The van der Waals surface area contributed by atoms with Crippen molar-refractivity contribution in [2.45, 2.75) is 75.5 Å². The van der Waals surface area contributed by atoms with Gasteiger partial charge in [0.05, 0.1) is 56.3 Å². The van der Waals surface area contributed by atoms with E-state index in [2.05, 4.69) is 0 Å². The van der Waals surface area contributed by atoms with Gasteiger partial charge in [-0.05, 0) is 38.5 Å². The lowest BCUT2D eigenvalue weighted by molar-refractivity contribution is -0.320. The van der Waals surface area contributed by atoms with Crippen LogP contribution in [0.25, 0.3) is 0 Å². The minimum Gasteiger partial charge on any atom is -0.370 e. The first kappa shape index (κ1) is 15.8. The maximum absolute atomic E-state index is 6.12. The van der Waals surface area contributed by atoms with Gasteiger partial charge in [0.25, 0.3) is 0 Å². The molecule has 0 aromatic carbocycles. The Hall–Kier alpha value is -0.240. The second-order valence-corrected chi connectivity index (χ2v) is 9.05. The number of epoxide rings is 2. The average molecular weight is 352 g/mol. The topological polar surface area (TPSA) is 62.0 Å². The SMILES string of the molecule is C1CC2OC2CC1C1OCC2(CO1)COC(C1CCC3OC3C1)OC2. The van der Waals surface area contributed by atoms with Crippen LogP contribution in [0.3, 0.4) is 0 Å². The largest absolute Gasteiger partial charge is 0.370 e. The lowest BCUT2D eigenvalue weighted by Gasteiger charge is -2.46. The van der Waals surface area contributed by atoms with Crippen molar-refractivity contribution in [3.8, 4) is 0 Å². The van der Waals surface area contributed by atoms with Crippen molar-refractivity contribution in [3.63, 3.8) is 0 Å². The average Bonchev–Trinajstić information content (AvgIpc) is 3.56. The van der Waals surface area contributed by atoms with Crippen molar-refractivity contribution in [2.75, 3.05) is 26.4 Å². The molecule has 2 saturated carbocycles. The van der Waals surface area contributed by atoms with Gasteiger partial charge in [0, 0.05) is 11.8 Å². The van der Waals surface area contributed by atoms with Crippen LogP contribution < -0.4 is 0 Å². The molecule has 1 spiro atoms. The van der Waals surface area contributed by atoms with Crippen molar-refractivity contribution in [2.24, 2.45) is 17.3 Å². The minimum absolute atomic E-state index is 0.0733. The summed E-state index contributed by atoms with van der Waals surface area (Å²) in [7, 11) is 0. The summed E-state index contributed by atoms with van der Waals surface area (Å²) >= 11 is 0. The van der Waals surface area contributed by atoms with Crippen LogP contribution in [0.2, 0.25) is 0 Å². The molecule has 0 radical (unpaired) electrons. The van der Waals surface area contributed by atoms with Crippen molar-refractivity contribution in [1.82, 2.24) is 0 Å². The van der Waals surface area contributed by atoms with Gasteiger partial charge in [0.2, 0.25) is 0 Å². The molecule has 0 N–H and O–H groups in total. The summed E-state index contributed by atoms with van der Waals surface area (Å²) in [6.07, 6.45) is 8.63. The summed E-state index contributed by atoms with van der Waals surface area (Å²) in [5.41, 5.74) is -0.131. The minimum atomic E-state index is -0.131. The molecule has 140 valence electrons. The Labute approximate surface area is 148 Å². The van der Waals surface area contributed by atoms with E-state index in [1.807, 2.05) is 0 Å². The highest BCUT2D eigenvalue weighted by molar-refractivity contribution is 4.95. The molecule has 6 rings (SSSR count). The Morgan fingerprint density at radius 1 is 0.520 bits per heavy atom. The maximum atomic E-state index is 6.12. The molecule has 4 aliphatic heterocycles. The van der Waals surface area contributed by atoms with Crippen LogP contribution >= 0.6 is 0 Å². The summed E-state index contributed by atoms with van der Waals surface area (Å²) in [6.45, 7) is 2.70. The van der Waals surface area contributed by atoms with Crippen LogP contribution in [0.4, 0.5) is 0 Å². The molecular formula is C19H28O6. The van der Waals surface area contributed by atoms with Crippen molar-refractivity contribution >= 4 is 0 Å². The highest BCUT2D eigenvalue weighted by Crippen LogP contribution is 2.45. The molecule has 2 aliphatic carbocycles. The highest BCUT2D eigenvalue weighted by Gasteiger charge is 2.51. The number of ether oxygens (including phenoxy) is 6. The van der Waals surface area contributed by atoms with E-state index >= 15 is 0 Å². The molecule has 6 heteroatoms. The van der Waals surface area contributed by atoms with Crippen molar-refractivity contribution in [3.05, 3.63) is 0 Å². The number of hydrogen-bond acceptors (Lipinski definition) is 6. The van der Waals surface area contributed by atoms with E-state index in [0.29, 0.717) is 62.7 Å². The van der Waals surface area contributed by atoms with Gasteiger partial charge < -0.3 is 28.4 Å². The Bertz CT molecular complexity index is 461. The Morgan fingerprint density at radius 3 is 1.36 bits per heavy atom. The molecule has 0 bridgehead atoms. The van der Waals surface area contributed by atoms with Gasteiger partial charge in [-0.1, -0.05) is 0 Å². The fraction of sp³-hybridized carbons (Fsp3) is 1.00. The molecule has 6 unspecified atom stereocenters. The third-order valence-corrected chi connectivity index (χ3v) is 7.07. The van der Waals surface area contributed by atoms with Crippen LogP contribution in [0.15, 0.2) is 0 Å². The van der Waals surface area contributed by atoms with Crippen molar-refractivity contribution in [1.29, 1.82) is 0 Å². The lowest BCUT2D eigenvalue weighted by Crippen LogP contribution is -2.54. The molecule has 4 heterocycles. The Morgan fingerprint density at radius 2 is 0.960 bits per heavy atom. The predicted molar refractivity (Wildman–Crippen MR) is 85.8 cm³/mol. The quantitative estimate of drug-likeness (QED) is 0.707. The fourth-order valence-electron chi connectivity index (χ4n) is 5.29. The summed E-state index contributed by atoms with van der Waals surface area (Å²) in [5.74, 6) is 0.959. The van der Waals surface area contributed by atoms with E-state index in [9.17, 15) is 0 Å². The summed E-state index contributed by atoms with van der Waals surface area (Å²) < 4.78 is 35.8. The molecule has 6 atom stereocenters. The molecule has 0 aromatic heterocycles. The third kappa shape index (κ3) is 2.95. The second kappa shape index (κ2) is 5.88. The van der Waals surface area contributed by atoms with Crippen LogP contribution in [0.5, 0.6) is 0 Å². The Kier molecular flexibility index (Phi) is 3.71. The van der Waals surface area contributed by atoms with Gasteiger partial charge in [-0.3, -0.25) is 0 Å². The second-order valence-electron chi connectivity index (χ2n) is 9.05. The van der Waals surface area contributed by atoms with Crippen LogP contribution in [0.1, 0.15) is 38.5 Å². The van der Waals surface area contributed by atoms with Gasteiger partial charge in [0.15, 0.2) is 12.6 Å². The van der Waals surface area contributed by atoms with E-state index in [-0.39, 0.29) is 18.0 Å². The standard InChI is InChI=1S/C19H28O6/c1-3-13-15(24-13)5-11(1)17-20-7-19(8-21-17)9-22-18(23-10-19)12-2-4-14-16(6-12)25-14/h11-18H,1-10H2. The first-order chi connectivity index (χ1) is 12.3. The van der Waals surface area contributed by atoms with E-state index in [4.69, 9.17) is 28.4 Å². The summed E-state index contributed by atoms with van der Waals surface area (Å²) in [5, 5.41) is 0. The van der Waals surface area contributed by atoms with Crippen LogP contribution in [-0.2, 0) is 28.4 Å².